The minimum atomic E-state index is -3.98. The fourth-order valence-corrected chi connectivity index (χ4v) is 4.34. The van der Waals surface area contributed by atoms with E-state index >= 15 is 0 Å². The van der Waals surface area contributed by atoms with Crippen molar-refractivity contribution in [1.82, 2.24) is 4.98 Å². The number of anilines is 2. The monoisotopic (exact) mass is 431 g/mol. The summed E-state index contributed by atoms with van der Waals surface area (Å²) in [5, 5.41) is 0. The molecule has 2 aromatic carbocycles. The summed E-state index contributed by atoms with van der Waals surface area (Å²) < 4.78 is 58.9. The number of ether oxygens (including phenoxy) is 1. The number of sulfonamides is 1. The number of nitrogens with one attached hydrogen (secondary N) is 1. The van der Waals surface area contributed by atoms with Crippen molar-refractivity contribution in [3.05, 3.63) is 77.5 Å². The number of aromatic nitrogens is 1. The van der Waals surface area contributed by atoms with Gasteiger partial charge in [0.15, 0.2) is 11.6 Å². The highest BCUT2D eigenvalue weighted by Crippen LogP contribution is 2.27. The average Bonchev–Trinajstić information content (AvgIpc) is 2.75. The summed E-state index contributed by atoms with van der Waals surface area (Å²) in [5.41, 5.74) is 2.32. The lowest BCUT2D eigenvalue weighted by atomic mass is 9.99. The summed E-state index contributed by atoms with van der Waals surface area (Å²) >= 11 is 0. The summed E-state index contributed by atoms with van der Waals surface area (Å²) in [6, 6.07) is 11.8. The Labute approximate surface area is 173 Å². The van der Waals surface area contributed by atoms with Gasteiger partial charge in [0.1, 0.15) is 16.5 Å². The van der Waals surface area contributed by atoms with Crippen LogP contribution < -0.4 is 14.4 Å². The van der Waals surface area contributed by atoms with Crippen LogP contribution in [-0.4, -0.2) is 27.1 Å². The molecule has 0 saturated carbocycles. The second-order valence-electron chi connectivity index (χ2n) is 6.89. The van der Waals surface area contributed by atoms with E-state index in [2.05, 4.69) is 20.7 Å². The molecule has 156 valence electrons. The van der Waals surface area contributed by atoms with Gasteiger partial charge in [0.25, 0.3) is 10.0 Å². The Bertz CT molecular complexity index is 1180. The highest BCUT2D eigenvalue weighted by Gasteiger charge is 2.20. The molecule has 1 N–H and O–H groups in total. The minimum absolute atomic E-state index is 0.0699. The fourth-order valence-electron chi connectivity index (χ4n) is 3.35. The van der Waals surface area contributed by atoms with Crippen LogP contribution in [0.5, 0.6) is 5.75 Å². The number of rotatable bonds is 5. The third kappa shape index (κ3) is 4.06. The van der Waals surface area contributed by atoms with Crippen molar-refractivity contribution >= 4 is 21.5 Å². The van der Waals surface area contributed by atoms with E-state index in [9.17, 15) is 17.2 Å². The zero-order chi connectivity index (χ0) is 21.3. The van der Waals surface area contributed by atoms with E-state index in [1.165, 1.54) is 17.8 Å². The van der Waals surface area contributed by atoms with Gasteiger partial charge in [-0.25, -0.2) is 22.2 Å². The Balaban J connectivity index is 1.51. The van der Waals surface area contributed by atoms with Crippen LogP contribution in [0.2, 0.25) is 0 Å². The molecule has 4 rings (SSSR count). The zero-order valence-corrected chi connectivity index (χ0v) is 16.9. The Hall–Kier alpha value is -3.20. The van der Waals surface area contributed by atoms with Crippen molar-refractivity contribution in [1.29, 1.82) is 0 Å². The quantitative estimate of drug-likeness (QED) is 0.667. The van der Waals surface area contributed by atoms with E-state index in [1.807, 2.05) is 12.1 Å². The number of hydrogen-bond donors (Lipinski definition) is 1. The second-order valence-corrected chi connectivity index (χ2v) is 8.58. The van der Waals surface area contributed by atoms with Gasteiger partial charge in [0.2, 0.25) is 0 Å². The second kappa shape index (κ2) is 7.91. The lowest BCUT2D eigenvalue weighted by molar-refractivity contribution is 0.413. The van der Waals surface area contributed by atoms with E-state index in [4.69, 9.17) is 4.74 Å². The third-order valence-electron chi connectivity index (χ3n) is 4.95. The molecule has 30 heavy (non-hydrogen) atoms. The van der Waals surface area contributed by atoms with Crippen LogP contribution in [0.1, 0.15) is 11.1 Å². The minimum Gasteiger partial charge on any atom is -0.497 e. The van der Waals surface area contributed by atoms with Crippen molar-refractivity contribution in [3.63, 3.8) is 0 Å². The summed E-state index contributed by atoms with van der Waals surface area (Å²) in [4.78, 5) is 6.28. The molecule has 1 aliphatic heterocycles. The molecule has 2 heterocycles. The molecule has 0 atom stereocenters. The topological polar surface area (TPSA) is 71.5 Å². The first-order valence-electron chi connectivity index (χ1n) is 9.20. The van der Waals surface area contributed by atoms with Crippen LogP contribution in [-0.2, 0) is 23.0 Å². The fraction of sp³-hybridized carbons (Fsp3) is 0.190. The zero-order valence-electron chi connectivity index (χ0n) is 16.1. The number of methoxy groups -OCH3 is 1. The first kappa shape index (κ1) is 20.1. The maximum atomic E-state index is 13.3. The average molecular weight is 431 g/mol. The smallest absolute Gasteiger partial charge is 0.263 e. The lowest BCUT2D eigenvalue weighted by Gasteiger charge is -2.30. The van der Waals surface area contributed by atoms with Crippen molar-refractivity contribution in [2.24, 2.45) is 0 Å². The Morgan fingerprint density at radius 2 is 1.87 bits per heavy atom. The van der Waals surface area contributed by atoms with Gasteiger partial charge in [-0.3, -0.25) is 4.72 Å². The highest BCUT2D eigenvalue weighted by atomic mass is 32.2. The Kier molecular flexibility index (Phi) is 5.29. The van der Waals surface area contributed by atoms with Crippen LogP contribution >= 0.6 is 0 Å². The molecule has 0 bridgehead atoms. The molecule has 0 spiro atoms. The van der Waals surface area contributed by atoms with Crippen LogP contribution in [0.4, 0.5) is 20.3 Å². The first-order valence-corrected chi connectivity index (χ1v) is 10.7. The van der Waals surface area contributed by atoms with Crippen LogP contribution in [0.25, 0.3) is 0 Å². The molecule has 0 amide bonds. The maximum absolute atomic E-state index is 13.3. The molecule has 1 aliphatic rings. The number of nitrogens with zero attached hydrogens (tertiary/aromatic N) is 2. The standard InChI is InChI=1S/C21H19F2N3O3S/c1-29-17-4-2-14-8-9-26(13-15(14)10-17)21-7-5-18(12-24-21)30(27,28)25-16-3-6-19(22)20(23)11-16/h2-7,10-12,25H,8-9,13H2,1H3. The van der Waals surface area contributed by atoms with E-state index in [0.29, 0.717) is 12.4 Å². The van der Waals surface area contributed by atoms with Gasteiger partial charge >= 0.3 is 0 Å². The molecule has 1 aromatic heterocycles. The predicted octanol–water partition coefficient (Wildman–Crippen LogP) is 3.73. The Morgan fingerprint density at radius 3 is 2.57 bits per heavy atom. The summed E-state index contributed by atoms with van der Waals surface area (Å²) in [6.45, 7) is 1.39. The van der Waals surface area contributed by atoms with E-state index in [0.717, 1.165) is 42.5 Å². The SMILES string of the molecule is COc1ccc2c(c1)CN(c1ccc(S(=O)(=O)Nc3ccc(F)c(F)c3)cn1)CC2. The van der Waals surface area contributed by atoms with E-state index in [-0.39, 0.29) is 10.6 Å². The van der Waals surface area contributed by atoms with Gasteiger partial charge < -0.3 is 9.64 Å². The molecule has 0 unspecified atom stereocenters. The Morgan fingerprint density at radius 1 is 1.03 bits per heavy atom. The van der Waals surface area contributed by atoms with Crippen molar-refractivity contribution in [2.75, 3.05) is 23.3 Å². The van der Waals surface area contributed by atoms with Gasteiger partial charge in [-0.05, 0) is 53.9 Å². The lowest BCUT2D eigenvalue weighted by Crippen LogP contribution is -2.31. The van der Waals surface area contributed by atoms with Crippen LogP contribution in [0.15, 0.2) is 59.6 Å². The molecule has 6 nitrogen and oxygen atoms in total. The van der Waals surface area contributed by atoms with Gasteiger partial charge in [0.05, 0.1) is 12.8 Å². The number of fused-ring (bicyclic) bond motifs is 1. The number of pyridine rings is 1. The molecule has 3 aromatic rings. The van der Waals surface area contributed by atoms with Crippen molar-refractivity contribution in [2.45, 2.75) is 17.9 Å². The molecular formula is C21H19F2N3O3S. The van der Waals surface area contributed by atoms with Gasteiger partial charge in [0, 0.05) is 25.4 Å². The first-order chi connectivity index (χ1) is 14.4. The number of halogens is 2. The maximum Gasteiger partial charge on any atom is 0.263 e. The molecule has 9 heteroatoms. The van der Waals surface area contributed by atoms with Crippen LogP contribution in [0.3, 0.4) is 0 Å². The predicted molar refractivity (Wildman–Crippen MR) is 109 cm³/mol. The van der Waals surface area contributed by atoms with Crippen molar-refractivity contribution < 1.29 is 21.9 Å². The largest absolute Gasteiger partial charge is 0.497 e. The highest BCUT2D eigenvalue weighted by molar-refractivity contribution is 7.92. The number of benzene rings is 2. The van der Waals surface area contributed by atoms with E-state index < -0.39 is 21.7 Å². The van der Waals surface area contributed by atoms with Gasteiger partial charge in [-0.1, -0.05) is 6.07 Å². The molecule has 0 saturated heterocycles. The van der Waals surface area contributed by atoms with Gasteiger partial charge in [-0.15, -0.1) is 0 Å². The molecule has 0 fully saturated rings. The normalized spacial score (nSPS) is 13.6. The molecule has 0 aliphatic carbocycles. The summed E-state index contributed by atoms with van der Waals surface area (Å²) in [7, 11) is -2.36. The molecule has 0 radical (unpaired) electrons. The molecular weight excluding hydrogens is 412 g/mol. The van der Waals surface area contributed by atoms with Gasteiger partial charge in [-0.2, -0.15) is 0 Å². The number of hydrogen-bond acceptors (Lipinski definition) is 5. The van der Waals surface area contributed by atoms with E-state index in [1.54, 1.807) is 13.2 Å². The van der Waals surface area contributed by atoms with Crippen LogP contribution in [0, 0.1) is 11.6 Å². The van der Waals surface area contributed by atoms with Crippen molar-refractivity contribution in [3.8, 4) is 5.75 Å². The summed E-state index contributed by atoms with van der Waals surface area (Å²) in [6.07, 6.45) is 2.09. The third-order valence-corrected chi connectivity index (χ3v) is 6.32. The summed E-state index contributed by atoms with van der Waals surface area (Å²) in [5.74, 6) is -0.751.